The first-order valence-electron chi connectivity index (χ1n) is 9.50. The Hall–Kier alpha value is -1.14. The fraction of sp³-hybridized carbons (Fsp3) is 0.889. The zero-order valence-corrected chi connectivity index (χ0v) is 14.8. The van der Waals surface area contributed by atoms with Crippen LogP contribution >= 0.6 is 0 Å². The summed E-state index contributed by atoms with van der Waals surface area (Å²) in [6.07, 6.45) is 7.42. The van der Waals surface area contributed by atoms with Gasteiger partial charge in [-0.25, -0.2) is 0 Å². The van der Waals surface area contributed by atoms with Crippen molar-refractivity contribution in [2.45, 2.75) is 51.4 Å². The minimum atomic E-state index is -0.0674. The summed E-state index contributed by atoms with van der Waals surface area (Å²) >= 11 is 0. The molecule has 0 bridgehead atoms. The first-order chi connectivity index (χ1) is 11.7. The highest BCUT2D eigenvalue weighted by atomic mass is 16.5. The van der Waals surface area contributed by atoms with Gasteiger partial charge in [0, 0.05) is 39.3 Å². The largest absolute Gasteiger partial charge is 0.466 e. The lowest BCUT2D eigenvalue weighted by Gasteiger charge is -2.06. The van der Waals surface area contributed by atoms with Crippen LogP contribution in [0.5, 0.6) is 0 Å². The molecular formula is C18H32N2O4. The second-order valence-electron chi connectivity index (χ2n) is 6.75. The summed E-state index contributed by atoms with van der Waals surface area (Å²) in [5.41, 5.74) is 0. The molecule has 138 valence electrons. The van der Waals surface area contributed by atoms with Crippen molar-refractivity contribution < 1.29 is 19.1 Å². The maximum absolute atomic E-state index is 11.4. The van der Waals surface area contributed by atoms with E-state index in [4.69, 9.17) is 9.47 Å². The summed E-state index contributed by atoms with van der Waals surface area (Å²) in [7, 11) is 0. The molecule has 2 heterocycles. The van der Waals surface area contributed by atoms with Gasteiger partial charge in [0.05, 0.1) is 26.1 Å². The van der Waals surface area contributed by atoms with E-state index in [1.807, 2.05) is 0 Å². The zero-order valence-electron chi connectivity index (χ0n) is 14.8. The molecule has 0 amide bonds. The van der Waals surface area contributed by atoms with Crippen LogP contribution in [-0.2, 0) is 19.1 Å². The summed E-state index contributed by atoms with van der Waals surface area (Å²) < 4.78 is 10.4. The first-order valence-corrected chi connectivity index (χ1v) is 9.50. The van der Waals surface area contributed by atoms with Crippen LogP contribution in [0.1, 0.15) is 51.4 Å². The average Bonchev–Trinajstić information content (AvgIpc) is 3.47. The lowest BCUT2D eigenvalue weighted by Crippen LogP contribution is -2.11. The van der Waals surface area contributed by atoms with Crippen molar-refractivity contribution >= 4 is 11.9 Å². The summed E-state index contributed by atoms with van der Waals surface area (Å²) in [5.74, 6) is -0.135. The Kier molecular flexibility index (Phi) is 9.13. The molecule has 2 aliphatic heterocycles. The highest BCUT2D eigenvalue weighted by Gasteiger charge is 2.18. The van der Waals surface area contributed by atoms with Crippen LogP contribution in [0, 0.1) is 0 Å². The molecule has 24 heavy (non-hydrogen) atoms. The predicted octanol–water partition coefficient (Wildman–Crippen LogP) is 1.82. The van der Waals surface area contributed by atoms with Gasteiger partial charge >= 0.3 is 11.9 Å². The Labute approximate surface area is 145 Å². The summed E-state index contributed by atoms with van der Waals surface area (Å²) in [6.45, 7) is 7.32. The predicted molar refractivity (Wildman–Crippen MR) is 91.7 cm³/mol. The number of nitrogens with zero attached hydrogens (tertiary/aromatic N) is 2. The molecule has 0 spiro atoms. The molecule has 0 aromatic heterocycles. The van der Waals surface area contributed by atoms with Gasteiger partial charge in [0.2, 0.25) is 0 Å². The van der Waals surface area contributed by atoms with E-state index >= 15 is 0 Å². The molecule has 2 rings (SSSR count). The Morgan fingerprint density at radius 3 is 1.38 bits per heavy atom. The second-order valence-corrected chi connectivity index (χ2v) is 6.75. The molecular weight excluding hydrogens is 308 g/mol. The molecule has 0 radical (unpaired) electrons. The number of carbonyl (C=O) groups excluding carboxylic acids is 2. The SMILES string of the molecule is O=C(CCN1CC1)OCCCCCCCCOC(=O)CCN1CC1. The molecule has 2 aliphatic rings. The van der Waals surface area contributed by atoms with Crippen LogP contribution in [0.2, 0.25) is 0 Å². The summed E-state index contributed by atoms with van der Waals surface area (Å²) in [4.78, 5) is 27.3. The van der Waals surface area contributed by atoms with E-state index in [0.29, 0.717) is 26.1 Å². The third kappa shape index (κ3) is 10.6. The van der Waals surface area contributed by atoms with E-state index in [-0.39, 0.29) is 11.9 Å². The van der Waals surface area contributed by atoms with E-state index in [9.17, 15) is 9.59 Å². The van der Waals surface area contributed by atoms with Gasteiger partial charge in [-0.3, -0.25) is 9.59 Å². The third-order valence-electron chi connectivity index (χ3n) is 4.41. The lowest BCUT2D eigenvalue weighted by atomic mass is 10.1. The molecule has 6 heteroatoms. The van der Waals surface area contributed by atoms with Crippen LogP contribution in [0.3, 0.4) is 0 Å². The van der Waals surface area contributed by atoms with Gasteiger partial charge in [-0.2, -0.15) is 0 Å². The number of hydrogen-bond acceptors (Lipinski definition) is 6. The topological polar surface area (TPSA) is 58.6 Å². The van der Waals surface area contributed by atoms with E-state index in [2.05, 4.69) is 9.80 Å². The van der Waals surface area contributed by atoms with E-state index in [1.54, 1.807) is 0 Å². The molecule has 0 unspecified atom stereocenters. The fourth-order valence-electron chi connectivity index (χ4n) is 2.52. The van der Waals surface area contributed by atoms with Gasteiger partial charge in [-0.05, 0) is 12.8 Å². The number of unbranched alkanes of at least 4 members (excludes halogenated alkanes) is 5. The number of esters is 2. The normalized spacial score (nSPS) is 16.8. The van der Waals surface area contributed by atoms with Crippen LogP contribution in [0.4, 0.5) is 0 Å². The van der Waals surface area contributed by atoms with Gasteiger partial charge in [0.1, 0.15) is 0 Å². The fourth-order valence-corrected chi connectivity index (χ4v) is 2.52. The van der Waals surface area contributed by atoms with Crippen LogP contribution in [-0.4, -0.2) is 74.2 Å². The van der Waals surface area contributed by atoms with Crippen molar-refractivity contribution in [1.82, 2.24) is 9.80 Å². The number of carbonyl (C=O) groups is 2. The number of hydrogen-bond donors (Lipinski definition) is 0. The molecule has 0 saturated carbocycles. The first kappa shape index (κ1) is 19.2. The van der Waals surface area contributed by atoms with Crippen LogP contribution in [0.25, 0.3) is 0 Å². The minimum Gasteiger partial charge on any atom is -0.466 e. The Bertz CT molecular complexity index is 345. The Morgan fingerprint density at radius 2 is 1.00 bits per heavy atom. The van der Waals surface area contributed by atoms with Crippen molar-refractivity contribution in [2.24, 2.45) is 0 Å². The van der Waals surface area contributed by atoms with Crippen molar-refractivity contribution in [2.75, 3.05) is 52.5 Å². The highest BCUT2D eigenvalue weighted by molar-refractivity contribution is 5.69. The second kappa shape index (κ2) is 11.4. The standard InChI is InChI=1S/C18H32N2O4/c21-17(7-9-19-11-12-19)23-15-5-3-1-2-4-6-16-24-18(22)8-10-20-13-14-20/h1-16H2. The molecule has 6 nitrogen and oxygen atoms in total. The van der Waals surface area contributed by atoms with Crippen LogP contribution in [0.15, 0.2) is 0 Å². The van der Waals surface area contributed by atoms with Gasteiger partial charge < -0.3 is 19.3 Å². The molecule has 2 saturated heterocycles. The van der Waals surface area contributed by atoms with E-state index in [1.165, 1.54) is 0 Å². The molecule has 0 aromatic rings. The van der Waals surface area contributed by atoms with Crippen LogP contribution < -0.4 is 0 Å². The lowest BCUT2D eigenvalue weighted by molar-refractivity contribution is -0.144. The molecule has 0 aromatic carbocycles. The minimum absolute atomic E-state index is 0.0674. The smallest absolute Gasteiger partial charge is 0.307 e. The number of rotatable bonds is 15. The molecule has 0 aliphatic carbocycles. The van der Waals surface area contributed by atoms with Gasteiger partial charge in [-0.1, -0.05) is 25.7 Å². The Balaban J connectivity index is 1.25. The number of ether oxygens (including phenoxy) is 2. The molecule has 0 atom stereocenters. The Morgan fingerprint density at radius 1 is 0.625 bits per heavy atom. The van der Waals surface area contributed by atoms with Crippen molar-refractivity contribution in [1.29, 1.82) is 0 Å². The van der Waals surface area contributed by atoms with Crippen molar-refractivity contribution in [3.05, 3.63) is 0 Å². The van der Waals surface area contributed by atoms with E-state index < -0.39 is 0 Å². The van der Waals surface area contributed by atoms with Gasteiger partial charge in [0.15, 0.2) is 0 Å². The van der Waals surface area contributed by atoms with E-state index in [0.717, 1.165) is 77.8 Å². The third-order valence-corrected chi connectivity index (χ3v) is 4.41. The maximum atomic E-state index is 11.4. The monoisotopic (exact) mass is 340 g/mol. The summed E-state index contributed by atoms with van der Waals surface area (Å²) in [6, 6.07) is 0. The molecule has 0 N–H and O–H groups in total. The average molecular weight is 340 g/mol. The van der Waals surface area contributed by atoms with Gasteiger partial charge in [0.25, 0.3) is 0 Å². The van der Waals surface area contributed by atoms with Crippen molar-refractivity contribution in [3.63, 3.8) is 0 Å². The van der Waals surface area contributed by atoms with Gasteiger partial charge in [-0.15, -0.1) is 0 Å². The summed E-state index contributed by atoms with van der Waals surface area (Å²) in [5, 5.41) is 0. The molecule has 2 fully saturated rings. The van der Waals surface area contributed by atoms with Crippen molar-refractivity contribution in [3.8, 4) is 0 Å². The highest BCUT2D eigenvalue weighted by Crippen LogP contribution is 2.08. The maximum Gasteiger partial charge on any atom is 0.307 e. The zero-order chi connectivity index (χ0) is 17.0. The quantitative estimate of drug-likeness (QED) is 0.257.